The molecule has 0 bridgehead atoms. The smallest absolute Gasteiger partial charge is 0.103 e. The summed E-state index contributed by atoms with van der Waals surface area (Å²) in [7, 11) is 0. The van der Waals surface area contributed by atoms with Crippen molar-refractivity contribution in [2.24, 2.45) is 0 Å². The van der Waals surface area contributed by atoms with E-state index in [1.54, 1.807) is 19.2 Å². The number of nitriles is 1. The van der Waals surface area contributed by atoms with E-state index in [-0.39, 0.29) is 0 Å². The van der Waals surface area contributed by atoms with Crippen LogP contribution < -0.4 is 5.73 Å². The summed E-state index contributed by atoms with van der Waals surface area (Å²) in [5, 5.41) is 8.53. The molecule has 0 aromatic carbocycles. The Balaban J connectivity index is 3.34. The Labute approximate surface area is 59.1 Å². The lowest BCUT2D eigenvalue weighted by molar-refractivity contribution is 1.18. The molecule has 0 aliphatic heterocycles. The van der Waals surface area contributed by atoms with Crippen molar-refractivity contribution in [1.82, 2.24) is 4.98 Å². The average molecular weight is 133 g/mol. The first kappa shape index (κ1) is 6.56. The molecular formula is C7H7N3. The van der Waals surface area contributed by atoms with Crippen LogP contribution in [0.4, 0.5) is 5.69 Å². The van der Waals surface area contributed by atoms with Crippen LogP contribution in [0.15, 0.2) is 12.3 Å². The SMILES string of the molecule is Cc1nccc(N)c1C#N. The molecule has 0 unspecified atom stereocenters. The molecule has 0 aliphatic carbocycles. The summed E-state index contributed by atoms with van der Waals surface area (Å²) in [6, 6.07) is 3.59. The molecule has 0 radical (unpaired) electrons. The zero-order valence-electron chi connectivity index (χ0n) is 5.63. The maximum atomic E-state index is 8.53. The van der Waals surface area contributed by atoms with Gasteiger partial charge in [0, 0.05) is 6.20 Å². The Morgan fingerprint density at radius 2 is 2.40 bits per heavy atom. The average Bonchev–Trinajstić information content (AvgIpc) is 1.88. The number of aryl methyl sites for hydroxylation is 1. The molecule has 0 fully saturated rings. The molecule has 0 spiro atoms. The van der Waals surface area contributed by atoms with Crippen molar-refractivity contribution in [2.45, 2.75) is 6.92 Å². The van der Waals surface area contributed by atoms with E-state index in [0.717, 1.165) is 0 Å². The monoisotopic (exact) mass is 133 g/mol. The quantitative estimate of drug-likeness (QED) is 0.570. The third-order valence-electron chi connectivity index (χ3n) is 1.28. The van der Waals surface area contributed by atoms with Gasteiger partial charge >= 0.3 is 0 Å². The number of nitrogens with two attached hydrogens (primary N) is 1. The van der Waals surface area contributed by atoms with Gasteiger partial charge in [-0.3, -0.25) is 4.98 Å². The number of hydrogen-bond acceptors (Lipinski definition) is 3. The fourth-order valence-electron chi connectivity index (χ4n) is 0.732. The van der Waals surface area contributed by atoms with Gasteiger partial charge in [0.1, 0.15) is 6.07 Å². The standard InChI is InChI=1S/C7H7N3/c1-5-6(4-8)7(9)2-3-10-5/h2-3H,1H3,(H2,9,10). The van der Waals surface area contributed by atoms with E-state index in [0.29, 0.717) is 16.9 Å². The maximum absolute atomic E-state index is 8.53. The van der Waals surface area contributed by atoms with Crippen molar-refractivity contribution >= 4 is 5.69 Å². The van der Waals surface area contributed by atoms with Crippen molar-refractivity contribution in [3.8, 4) is 6.07 Å². The van der Waals surface area contributed by atoms with Gasteiger partial charge in [-0.1, -0.05) is 0 Å². The second-order valence-corrected chi connectivity index (χ2v) is 1.97. The number of nitrogens with zero attached hydrogens (tertiary/aromatic N) is 2. The summed E-state index contributed by atoms with van der Waals surface area (Å²) < 4.78 is 0. The van der Waals surface area contributed by atoms with E-state index in [9.17, 15) is 0 Å². The Hall–Kier alpha value is -1.56. The second-order valence-electron chi connectivity index (χ2n) is 1.97. The van der Waals surface area contributed by atoms with Gasteiger partial charge in [0.2, 0.25) is 0 Å². The zero-order chi connectivity index (χ0) is 7.56. The first-order chi connectivity index (χ1) is 4.75. The topological polar surface area (TPSA) is 62.7 Å². The van der Waals surface area contributed by atoms with E-state index in [1.165, 1.54) is 0 Å². The highest BCUT2D eigenvalue weighted by Crippen LogP contribution is 2.10. The number of aromatic nitrogens is 1. The minimum Gasteiger partial charge on any atom is -0.398 e. The minimum atomic E-state index is 0.475. The maximum Gasteiger partial charge on any atom is 0.103 e. The van der Waals surface area contributed by atoms with Crippen LogP contribution in [-0.2, 0) is 0 Å². The molecule has 1 aromatic rings. The summed E-state index contributed by atoms with van der Waals surface area (Å²) in [4.78, 5) is 3.91. The van der Waals surface area contributed by atoms with E-state index < -0.39 is 0 Å². The predicted octanol–water partition coefficient (Wildman–Crippen LogP) is 0.844. The van der Waals surface area contributed by atoms with Crippen LogP contribution in [0.25, 0.3) is 0 Å². The highest BCUT2D eigenvalue weighted by Gasteiger charge is 1.99. The normalized spacial score (nSPS) is 8.80. The molecular weight excluding hydrogens is 126 g/mol. The lowest BCUT2D eigenvalue weighted by Crippen LogP contribution is -1.94. The molecule has 0 amide bonds. The fourth-order valence-corrected chi connectivity index (χ4v) is 0.732. The summed E-state index contributed by atoms with van der Waals surface area (Å²) in [5.74, 6) is 0. The van der Waals surface area contributed by atoms with Gasteiger partial charge in [-0.2, -0.15) is 5.26 Å². The molecule has 0 saturated carbocycles. The highest BCUT2D eigenvalue weighted by atomic mass is 14.7. The number of rotatable bonds is 0. The van der Waals surface area contributed by atoms with Crippen molar-refractivity contribution < 1.29 is 0 Å². The summed E-state index contributed by atoms with van der Waals surface area (Å²) >= 11 is 0. The first-order valence-corrected chi connectivity index (χ1v) is 2.87. The van der Waals surface area contributed by atoms with E-state index in [2.05, 4.69) is 4.98 Å². The number of anilines is 1. The van der Waals surface area contributed by atoms with Crippen molar-refractivity contribution in [3.05, 3.63) is 23.5 Å². The zero-order valence-corrected chi connectivity index (χ0v) is 5.63. The Kier molecular flexibility index (Phi) is 1.55. The van der Waals surface area contributed by atoms with Crippen LogP contribution in [0.5, 0.6) is 0 Å². The fraction of sp³-hybridized carbons (Fsp3) is 0.143. The molecule has 0 atom stereocenters. The van der Waals surface area contributed by atoms with Crippen LogP contribution in [0, 0.1) is 18.3 Å². The largest absolute Gasteiger partial charge is 0.398 e. The lowest BCUT2D eigenvalue weighted by atomic mass is 10.2. The van der Waals surface area contributed by atoms with Crippen molar-refractivity contribution in [1.29, 1.82) is 5.26 Å². The molecule has 3 heteroatoms. The summed E-state index contributed by atoms with van der Waals surface area (Å²) in [6.07, 6.45) is 1.59. The van der Waals surface area contributed by atoms with Gasteiger partial charge in [0.15, 0.2) is 0 Å². The Bertz CT molecular complexity index is 265. The molecule has 0 aliphatic rings. The van der Waals surface area contributed by atoms with Crippen LogP contribution in [0.2, 0.25) is 0 Å². The Morgan fingerprint density at radius 3 is 2.80 bits per heavy atom. The van der Waals surface area contributed by atoms with Gasteiger partial charge in [0.25, 0.3) is 0 Å². The van der Waals surface area contributed by atoms with Gasteiger partial charge in [0.05, 0.1) is 16.9 Å². The summed E-state index contributed by atoms with van der Waals surface area (Å²) in [6.45, 7) is 1.76. The third-order valence-corrected chi connectivity index (χ3v) is 1.28. The molecule has 50 valence electrons. The van der Waals surface area contributed by atoms with E-state index in [4.69, 9.17) is 11.0 Å². The number of hydrogen-bond donors (Lipinski definition) is 1. The highest BCUT2D eigenvalue weighted by molar-refractivity contribution is 5.54. The van der Waals surface area contributed by atoms with Crippen LogP contribution in [-0.4, -0.2) is 4.98 Å². The third kappa shape index (κ3) is 0.914. The Morgan fingerprint density at radius 1 is 1.70 bits per heavy atom. The van der Waals surface area contributed by atoms with Crippen LogP contribution in [0.1, 0.15) is 11.3 Å². The molecule has 0 saturated heterocycles. The van der Waals surface area contributed by atoms with Crippen molar-refractivity contribution in [2.75, 3.05) is 5.73 Å². The van der Waals surface area contributed by atoms with Gasteiger partial charge in [-0.05, 0) is 13.0 Å². The van der Waals surface area contributed by atoms with Gasteiger partial charge < -0.3 is 5.73 Å². The number of nitrogen functional groups attached to an aromatic ring is 1. The molecule has 2 N–H and O–H groups in total. The predicted molar refractivity (Wildman–Crippen MR) is 38.1 cm³/mol. The van der Waals surface area contributed by atoms with Crippen molar-refractivity contribution in [3.63, 3.8) is 0 Å². The molecule has 1 aromatic heterocycles. The minimum absolute atomic E-state index is 0.475. The van der Waals surface area contributed by atoms with E-state index >= 15 is 0 Å². The molecule has 1 heterocycles. The molecule has 10 heavy (non-hydrogen) atoms. The van der Waals surface area contributed by atoms with Crippen LogP contribution in [0.3, 0.4) is 0 Å². The number of pyridine rings is 1. The van der Waals surface area contributed by atoms with Crippen LogP contribution >= 0.6 is 0 Å². The van der Waals surface area contributed by atoms with E-state index in [1.807, 2.05) is 6.07 Å². The van der Waals surface area contributed by atoms with Gasteiger partial charge in [-0.15, -0.1) is 0 Å². The second kappa shape index (κ2) is 2.36. The van der Waals surface area contributed by atoms with Gasteiger partial charge in [-0.25, -0.2) is 0 Å². The summed E-state index contributed by atoms with van der Waals surface area (Å²) in [5.41, 5.74) is 7.12. The molecule has 1 rings (SSSR count). The lowest BCUT2D eigenvalue weighted by Gasteiger charge is -1.97. The first-order valence-electron chi connectivity index (χ1n) is 2.87. The molecule has 3 nitrogen and oxygen atoms in total.